The Kier molecular flexibility index (Phi) is 6.18. The molecule has 8 heteroatoms. The average molecular weight is 366 g/mol. The van der Waals surface area contributed by atoms with Gasteiger partial charge in [0.1, 0.15) is 11.5 Å². The normalized spacial score (nSPS) is 14.0. The van der Waals surface area contributed by atoms with Gasteiger partial charge in [-0.25, -0.2) is 4.57 Å². The maximum atomic E-state index is 12.9. The van der Waals surface area contributed by atoms with Gasteiger partial charge in [-0.15, -0.1) is 0 Å². The lowest BCUT2D eigenvalue weighted by molar-refractivity contribution is 0.280. The van der Waals surface area contributed by atoms with Crippen LogP contribution in [0.2, 0.25) is 0 Å². The molecule has 0 heterocycles. The standard InChI is InChI=1S/C16H16O6P2/c1-2-3-14-23(17,18)22-24(19,20-15-10-6-4-7-11-15)21-16-12-8-5-9-13-16/h2-14H,1H2,(H,17,18)/b14-3+. The Morgan fingerprint density at radius 2 is 1.33 bits per heavy atom. The average Bonchev–Trinajstić information content (AvgIpc) is 2.54. The van der Waals surface area contributed by atoms with Gasteiger partial charge in [-0.05, 0) is 24.3 Å². The van der Waals surface area contributed by atoms with Crippen molar-refractivity contribution in [3.63, 3.8) is 0 Å². The molecular formula is C16H16O6P2. The summed E-state index contributed by atoms with van der Waals surface area (Å²) in [5, 5.41) is 0. The second-order valence-corrected chi connectivity index (χ2v) is 7.82. The van der Waals surface area contributed by atoms with Gasteiger partial charge in [0.05, 0.1) is 0 Å². The van der Waals surface area contributed by atoms with Gasteiger partial charge in [-0.3, -0.25) is 4.57 Å². The lowest BCUT2D eigenvalue weighted by Crippen LogP contribution is -2.03. The summed E-state index contributed by atoms with van der Waals surface area (Å²) in [5.41, 5.74) is 0. The molecule has 0 saturated heterocycles. The van der Waals surface area contributed by atoms with Crippen LogP contribution in [0.1, 0.15) is 0 Å². The molecule has 126 valence electrons. The third-order valence-corrected chi connectivity index (χ3v) is 5.70. The van der Waals surface area contributed by atoms with Crippen molar-refractivity contribution >= 4 is 15.4 Å². The lowest BCUT2D eigenvalue weighted by atomic mass is 10.3. The molecule has 0 fully saturated rings. The Morgan fingerprint density at radius 3 is 1.75 bits per heavy atom. The van der Waals surface area contributed by atoms with E-state index < -0.39 is 15.4 Å². The molecule has 0 bridgehead atoms. The number of phosphoric acid groups is 1. The van der Waals surface area contributed by atoms with E-state index in [1.165, 1.54) is 36.4 Å². The fourth-order valence-electron chi connectivity index (χ4n) is 1.61. The van der Waals surface area contributed by atoms with Crippen molar-refractivity contribution in [3.05, 3.63) is 85.2 Å². The Bertz CT molecular complexity index is 743. The first-order valence-electron chi connectivity index (χ1n) is 6.86. The highest BCUT2D eigenvalue weighted by atomic mass is 31.3. The van der Waals surface area contributed by atoms with Crippen LogP contribution in [-0.2, 0) is 13.4 Å². The van der Waals surface area contributed by atoms with Crippen molar-refractivity contribution < 1.29 is 27.4 Å². The molecule has 1 atom stereocenters. The SMILES string of the molecule is C=C/C=C/P(=O)(O)OP(=O)(Oc1ccccc1)Oc1ccccc1. The molecule has 24 heavy (non-hydrogen) atoms. The largest absolute Gasteiger partial charge is 0.595 e. The van der Waals surface area contributed by atoms with Crippen LogP contribution in [0.15, 0.2) is 85.2 Å². The molecule has 0 aliphatic heterocycles. The Hall–Kier alpha value is -2.10. The molecule has 2 rings (SSSR count). The molecule has 6 nitrogen and oxygen atoms in total. The Balaban J connectivity index is 2.29. The molecule has 0 radical (unpaired) electrons. The van der Waals surface area contributed by atoms with E-state index in [1.54, 1.807) is 36.4 Å². The highest BCUT2D eigenvalue weighted by molar-refractivity contribution is 7.66. The summed E-state index contributed by atoms with van der Waals surface area (Å²) in [6, 6.07) is 16.2. The van der Waals surface area contributed by atoms with Gasteiger partial charge in [0.25, 0.3) is 0 Å². The van der Waals surface area contributed by atoms with Crippen LogP contribution in [0.3, 0.4) is 0 Å². The second kappa shape index (κ2) is 8.13. The van der Waals surface area contributed by atoms with Crippen LogP contribution >= 0.6 is 15.4 Å². The van der Waals surface area contributed by atoms with Crippen molar-refractivity contribution in [1.82, 2.24) is 0 Å². The highest BCUT2D eigenvalue weighted by Gasteiger charge is 2.38. The summed E-state index contributed by atoms with van der Waals surface area (Å²) in [5.74, 6) is 1.18. The first-order chi connectivity index (χ1) is 11.4. The predicted octanol–water partition coefficient (Wildman–Crippen LogP) is 5.15. The number of hydrogen-bond acceptors (Lipinski definition) is 5. The molecule has 0 aliphatic rings. The van der Waals surface area contributed by atoms with Gasteiger partial charge in [0, 0.05) is 5.82 Å². The molecule has 1 unspecified atom stereocenters. The van der Waals surface area contributed by atoms with Crippen molar-refractivity contribution in [2.75, 3.05) is 0 Å². The zero-order chi connectivity index (χ0) is 17.5. The quantitative estimate of drug-likeness (QED) is 0.514. The van der Waals surface area contributed by atoms with Gasteiger partial charge in [-0.2, -0.15) is 4.31 Å². The number of benzene rings is 2. The molecule has 0 aromatic heterocycles. The third-order valence-electron chi connectivity index (χ3n) is 2.55. The van der Waals surface area contributed by atoms with E-state index in [4.69, 9.17) is 13.4 Å². The second-order valence-electron chi connectivity index (χ2n) is 4.48. The number of phosphoric ester groups is 1. The van der Waals surface area contributed by atoms with Crippen molar-refractivity contribution in [3.8, 4) is 11.5 Å². The summed E-state index contributed by atoms with van der Waals surface area (Å²) in [7, 11) is -8.79. The van der Waals surface area contributed by atoms with Gasteiger partial charge in [0.15, 0.2) is 0 Å². The summed E-state index contributed by atoms with van der Waals surface area (Å²) in [6.45, 7) is 3.39. The van der Waals surface area contributed by atoms with Crippen molar-refractivity contribution in [2.45, 2.75) is 0 Å². The van der Waals surface area contributed by atoms with E-state index in [1.807, 2.05) is 0 Å². The zero-order valence-electron chi connectivity index (χ0n) is 12.6. The predicted molar refractivity (Wildman–Crippen MR) is 92.0 cm³/mol. The van der Waals surface area contributed by atoms with E-state index in [0.717, 1.165) is 5.82 Å². The third kappa shape index (κ3) is 5.84. The molecule has 0 spiro atoms. The number of allylic oxidation sites excluding steroid dienone is 2. The number of rotatable bonds is 8. The lowest BCUT2D eigenvalue weighted by Gasteiger charge is -2.20. The van der Waals surface area contributed by atoms with Gasteiger partial charge >= 0.3 is 15.4 Å². The van der Waals surface area contributed by atoms with Crippen LogP contribution < -0.4 is 9.05 Å². The van der Waals surface area contributed by atoms with E-state index in [0.29, 0.717) is 0 Å². The molecular weight excluding hydrogens is 350 g/mol. The van der Waals surface area contributed by atoms with Gasteiger partial charge in [-0.1, -0.05) is 55.1 Å². The van der Waals surface area contributed by atoms with E-state index in [2.05, 4.69) is 6.58 Å². The fourth-order valence-corrected chi connectivity index (χ4v) is 4.38. The summed E-state index contributed by atoms with van der Waals surface area (Å²) < 4.78 is 40.2. The Labute approximate surface area is 140 Å². The summed E-state index contributed by atoms with van der Waals surface area (Å²) in [6.07, 6.45) is 2.49. The minimum Gasteiger partial charge on any atom is -0.395 e. The van der Waals surface area contributed by atoms with Crippen LogP contribution in [0.4, 0.5) is 0 Å². The summed E-state index contributed by atoms with van der Waals surface area (Å²) in [4.78, 5) is 9.80. The zero-order valence-corrected chi connectivity index (χ0v) is 14.4. The van der Waals surface area contributed by atoms with Gasteiger partial charge < -0.3 is 13.9 Å². The van der Waals surface area contributed by atoms with E-state index in [9.17, 15) is 14.0 Å². The van der Waals surface area contributed by atoms with Gasteiger partial charge in [0.2, 0.25) is 0 Å². The monoisotopic (exact) mass is 366 g/mol. The topological polar surface area (TPSA) is 82.1 Å². The molecule has 1 N–H and O–H groups in total. The number of para-hydroxylation sites is 2. The summed E-state index contributed by atoms with van der Waals surface area (Å²) >= 11 is 0. The maximum absolute atomic E-state index is 12.9. The van der Waals surface area contributed by atoms with Crippen LogP contribution in [0.5, 0.6) is 11.5 Å². The minimum atomic E-state index is -4.42. The molecule has 0 saturated carbocycles. The van der Waals surface area contributed by atoms with E-state index >= 15 is 0 Å². The van der Waals surface area contributed by atoms with E-state index in [-0.39, 0.29) is 11.5 Å². The molecule has 2 aromatic rings. The Morgan fingerprint density at radius 1 is 0.875 bits per heavy atom. The first-order valence-corrected chi connectivity index (χ1v) is 9.97. The van der Waals surface area contributed by atoms with Crippen LogP contribution in [0, 0.1) is 0 Å². The van der Waals surface area contributed by atoms with Crippen molar-refractivity contribution in [1.29, 1.82) is 0 Å². The molecule has 2 aromatic carbocycles. The van der Waals surface area contributed by atoms with Crippen LogP contribution in [0.25, 0.3) is 0 Å². The minimum absolute atomic E-state index is 0.171. The molecule has 0 amide bonds. The fraction of sp³-hybridized carbons (Fsp3) is 0. The number of hydrogen-bond donors (Lipinski definition) is 1. The molecule has 0 aliphatic carbocycles. The first kappa shape index (κ1) is 18.2. The smallest absolute Gasteiger partial charge is 0.395 e. The maximum Gasteiger partial charge on any atom is 0.595 e. The highest BCUT2D eigenvalue weighted by Crippen LogP contribution is 2.62. The van der Waals surface area contributed by atoms with Crippen LogP contribution in [-0.4, -0.2) is 4.89 Å². The van der Waals surface area contributed by atoms with Crippen molar-refractivity contribution in [2.24, 2.45) is 0 Å².